The van der Waals surface area contributed by atoms with Crippen LogP contribution in [-0.4, -0.2) is 9.52 Å². The minimum Gasteiger partial charge on any atom is -0.0620 e. The van der Waals surface area contributed by atoms with E-state index >= 15 is 0 Å². The van der Waals surface area contributed by atoms with E-state index in [0.29, 0.717) is 0 Å². The van der Waals surface area contributed by atoms with Crippen LogP contribution in [0.2, 0.25) is 0 Å². The molecule has 0 radical (unpaired) electrons. The molecule has 1 heterocycles. The van der Waals surface area contributed by atoms with Gasteiger partial charge in [-0.15, -0.1) is 0 Å². The third kappa shape index (κ3) is 1.49. The van der Waals surface area contributed by atoms with Gasteiger partial charge in [-0.25, -0.2) is 0 Å². The van der Waals surface area contributed by atoms with E-state index in [1.54, 1.807) is 10.4 Å². The summed E-state index contributed by atoms with van der Waals surface area (Å²) in [5.74, 6) is 0. The summed E-state index contributed by atoms with van der Waals surface area (Å²) in [6.45, 7) is 0. The molecule has 5 rings (SSSR count). The van der Waals surface area contributed by atoms with Crippen LogP contribution in [0.5, 0.6) is 0 Å². The van der Waals surface area contributed by atoms with Gasteiger partial charge in [-0.05, 0) is 37.9 Å². The maximum Gasteiger partial charge on any atom is 0.0899 e. The molecule has 0 unspecified atom stereocenters. The average Bonchev–Trinajstić information content (AvgIpc) is 2.94. The van der Waals surface area contributed by atoms with Crippen molar-refractivity contribution in [1.29, 1.82) is 0 Å². The monoisotopic (exact) mass is 282 g/mol. The lowest BCUT2D eigenvalue weighted by molar-refractivity contribution is 1.74. The van der Waals surface area contributed by atoms with Gasteiger partial charge >= 0.3 is 0 Å². The second-order valence-electron chi connectivity index (χ2n) is 5.81. The third-order valence-electron chi connectivity index (χ3n) is 4.69. The first-order chi connectivity index (χ1) is 10.4. The highest BCUT2D eigenvalue weighted by molar-refractivity contribution is 6.76. The Morgan fingerprint density at radius 2 is 1.24 bits per heavy atom. The SMILES string of the molecule is c1ccc2c3c(ccc2c1)-c1c(ccc2ccccc12)[SiH2]3. The van der Waals surface area contributed by atoms with Gasteiger partial charge in [0, 0.05) is 0 Å². The Bertz CT molecular complexity index is 1010. The molecule has 0 saturated carbocycles. The predicted molar refractivity (Wildman–Crippen MR) is 94.7 cm³/mol. The molecule has 0 N–H and O–H groups in total. The summed E-state index contributed by atoms with van der Waals surface area (Å²) in [4.78, 5) is 0. The topological polar surface area (TPSA) is 0 Å². The van der Waals surface area contributed by atoms with Crippen molar-refractivity contribution < 1.29 is 0 Å². The van der Waals surface area contributed by atoms with Gasteiger partial charge in [-0.3, -0.25) is 0 Å². The standard InChI is InChI=1S/C20H14Si/c1-3-7-15-13(5-1)10-12-18-19(15)17-11-9-14-6-2-4-8-16(14)20(17)21-18/h1-12H,21H2. The molecule has 1 heteroatoms. The molecule has 0 nitrogen and oxygen atoms in total. The lowest BCUT2D eigenvalue weighted by Gasteiger charge is -2.08. The van der Waals surface area contributed by atoms with Crippen LogP contribution in [0.15, 0.2) is 72.8 Å². The van der Waals surface area contributed by atoms with Crippen molar-refractivity contribution >= 4 is 41.4 Å². The average molecular weight is 282 g/mol. The Balaban J connectivity index is 1.93. The summed E-state index contributed by atoms with van der Waals surface area (Å²) >= 11 is 0. The highest BCUT2D eigenvalue weighted by Crippen LogP contribution is 2.31. The third-order valence-corrected chi connectivity index (χ3v) is 6.78. The van der Waals surface area contributed by atoms with Crippen molar-refractivity contribution in [3.63, 3.8) is 0 Å². The van der Waals surface area contributed by atoms with Gasteiger partial charge in [0.1, 0.15) is 0 Å². The maximum absolute atomic E-state index is 2.36. The first kappa shape index (κ1) is 11.3. The van der Waals surface area contributed by atoms with Gasteiger partial charge in [0.15, 0.2) is 0 Å². The van der Waals surface area contributed by atoms with Gasteiger partial charge in [-0.1, -0.05) is 78.0 Å². The fraction of sp³-hybridized carbons (Fsp3) is 0. The predicted octanol–water partition coefficient (Wildman–Crippen LogP) is 3.09. The fourth-order valence-corrected chi connectivity index (χ4v) is 5.90. The second kappa shape index (κ2) is 4.06. The maximum atomic E-state index is 2.36. The van der Waals surface area contributed by atoms with Crippen LogP contribution in [-0.2, 0) is 0 Å². The minimum atomic E-state index is -0.370. The Morgan fingerprint density at radius 3 is 2.10 bits per heavy atom. The number of fused-ring (bicyclic) bond motifs is 7. The van der Waals surface area contributed by atoms with Gasteiger partial charge in [0.25, 0.3) is 0 Å². The van der Waals surface area contributed by atoms with Crippen LogP contribution in [0.1, 0.15) is 0 Å². The molecule has 21 heavy (non-hydrogen) atoms. The van der Waals surface area contributed by atoms with Crippen molar-refractivity contribution in [2.75, 3.05) is 0 Å². The lowest BCUT2D eigenvalue weighted by Crippen LogP contribution is -2.21. The Labute approximate surface area is 125 Å². The van der Waals surface area contributed by atoms with E-state index in [-0.39, 0.29) is 9.52 Å². The Morgan fingerprint density at radius 1 is 0.571 bits per heavy atom. The van der Waals surface area contributed by atoms with Crippen LogP contribution in [0.4, 0.5) is 0 Å². The molecule has 0 aliphatic carbocycles. The fourth-order valence-electron chi connectivity index (χ4n) is 3.73. The lowest BCUT2D eigenvalue weighted by atomic mass is 9.96. The van der Waals surface area contributed by atoms with E-state index in [1.165, 1.54) is 32.7 Å². The molecular formula is C20H14Si. The molecular weight excluding hydrogens is 268 g/mol. The van der Waals surface area contributed by atoms with E-state index in [9.17, 15) is 0 Å². The minimum absolute atomic E-state index is 0.370. The molecule has 0 saturated heterocycles. The quantitative estimate of drug-likeness (QED) is 0.383. The molecule has 0 bridgehead atoms. The zero-order chi connectivity index (χ0) is 13.8. The summed E-state index contributed by atoms with van der Waals surface area (Å²) in [5, 5.41) is 8.82. The van der Waals surface area contributed by atoms with E-state index in [2.05, 4.69) is 72.8 Å². The van der Waals surface area contributed by atoms with Crippen molar-refractivity contribution in [3.8, 4) is 11.1 Å². The van der Waals surface area contributed by atoms with Gasteiger partial charge in [0.05, 0.1) is 9.52 Å². The summed E-state index contributed by atoms with van der Waals surface area (Å²) in [5.41, 5.74) is 2.98. The van der Waals surface area contributed by atoms with E-state index in [0.717, 1.165) is 0 Å². The smallest absolute Gasteiger partial charge is 0.0620 e. The molecule has 0 aromatic heterocycles. The molecule has 0 amide bonds. The summed E-state index contributed by atoms with van der Waals surface area (Å²) in [7, 11) is -0.370. The first-order valence-corrected chi connectivity index (χ1v) is 8.85. The Hall–Kier alpha value is -2.38. The molecule has 0 spiro atoms. The van der Waals surface area contributed by atoms with Crippen molar-refractivity contribution in [2.24, 2.45) is 0 Å². The van der Waals surface area contributed by atoms with E-state index < -0.39 is 0 Å². The molecule has 1 aliphatic rings. The first-order valence-electron chi connectivity index (χ1n) is 7.43. The Kier molecular flexibility index (Phi) is 2.18. The number of hydrogen-bond donors (Lipinski definition) is 0. The van der Waals surface area contributed by atoms with Crippen LogP contribution in [0, 0.1) is 0 Å². The summed E-state index contributed by atoms with van der Waals surface area (Å²) in [6, 6.07) is 26.8. The molecule has 4 aromatic carbocycles. The van der Waals surface area contributed by atoms with Crippen molar-refractivity contribution in [3.05, 3.63) is 72.8 Å². The second-order valence-corrected chi connectivity index (χ2v) is 7.63. The molecule has 0 fully saturated rings. The molecule has 1 aliphatic heterocycles. The van der Waals surface area contributed by atoms with Crippen LogP contribution < -0.4 is 10.4 Å². The van der Waals surface area contributed by atoms with Crippen molar-refractivity contribution in [2.45, 2.75) is 0 Å². The van der Waals surface area contributed by atoms with Gasteiger partial charge in [-0.2, -0.15) is 0 Å². The summed E-state index contributed by atoms with van der Waals surface area (Å²) in [6.07, 6.45) is 0. The molecule has 4 aromatic rings. The van der Waals surface area contributed by atoms with E-state index in [1.807, 2.05) is 0 Å². The number of hydrogen-bond acceptors (Lipinski definition) is 0. The van der Waals surface area contributed by atoms with Crippen LogP contribution in [0.25, 0.3) is 32.7 Å². The number of benzene rings is 4. The van der Waals surface area contributed by atoms with Crippen LogP contribution in [0.3, 0.4) is 0 Å². The highest BCUT2D eigenvalue weighted by Gasteiger charge is 2.22. The van der Waals surface area contributed by atoms with Crippen LogP contribution >= 0.6 is 0 Å². The zero-order valence-corrected chi connectivity index (χ0v) is 13.0. The zero-order valence-electron chi connectivity index (χ0n) is 11.6. The van der Waals surface area contributed by atoms with Gasteiger partial charge < -0.3 is 0 Å². The highest BCUT2D eigenvalue weighted by atomic mass is 28.2. The van der Waals surface area contributed by atoms with E-state index in [4.69, 9.17) is 0 Å². The van der Waals surface area contributed by atoms with Gasteiger partial charge in [0.2, 0.25) is 0 Å². The number of rotatable bonds is 0. The molecule has 98 valence electrons. The summed E-state index contributed by atoms with van der Waals surface area (Å²) < 4.78 is 0. The largest absolute Gasteiger partial charge is 0.0899 e. The van der Waals surface area contributed by atoms with Crippen molar-refractivity contribution in [1.82, 2.24) is 0 Å². The molecule has 0 atom stereocenters. The normalized spacial score (nSPS) is 13.7.